The fourth-order valence-electron chi connectivity index (χ4n) is 1.76. The number of carboxylic acids is 1. The first-order valence-corrected chi connectivity index (χ1v) is 5.93. The summed E-state index contributed by atoms with van der Waals surface area (Å²) in [5.74, 6) is -2.20. The van der Waals surface area contributed by atoms with Gasteiger partial charge in [-0.25, -0.2) is 14.6 Å². The molecule has 1 aromatic rings. The molecule has 1 saturated heterocycles. The number of urea groups is 1. The Morgan fingerprint density at radius 1 is 1.38 bits per heavy atom. The van der Waals surface area contributed by atoms with E-state index in [-0.39, 0.29) is 17.9 Å². The van der Waals surface area contributed by atoms with Gasteiger partial charge in [0.25, 0.3) is 5.91 Å². The predicted molar refractivity (Wildman–Crippen MR) is 69.6 cm³/mol. The molecule has 1 aromatic heterocycles. The van der Waals surface area contributed by atoms with Crippen LogP contribution in [0.15, 0.2) is 18.3 Å². The topological polar surface area (TPSA) is 120 Å². The Morgan fingerprint density at radius 2 is 2.10 bits per heavy atom. The van der Waals surface area contributed by atoms with Crippen molar-refractivity contribution in [2.75, 3.05) is 25.5 Å². The lowest BCUT2D eigenvalue weighted by atomic mass is 10.3. The number of carbonyl (C=O) groups is 4. The molecule has 4 amide bonds. The standard InChI is InChI=1S/C12H12N4O5/c1-15-6-10(18)16(12(15)21)5-9(17)14-7-2-3-8(11(19)20)13-4-7/h2-4H,5-6H2,1H3,(H,14,17)(H,19,20). The second kappa shape index (κ2) is 5.57. The van der Waals surface area contributed by atoms with E-state index in [9.17, 15) is 19.2 Å². The number of likely N-dealkylation sites (N-methyl/N-ethyl adjacent to an activating group) is 1. The van der Waals surface area contributed by atoms with Crippen molar-refractivity contribution in [3.8, 4) is 0 Å². The summed E-state index contributed by atoms with van der Waals surface area (Å²) in [4.78, 5) is 51.2. The van der Waals surface area contributed by atoms with Gasteiger partial charge >= 0.3 is 12.0 Å². The SMILES string of the molecule is CN1CC(=O)N(CC(=O)Nc2ccc(C(=O)O)nc2)C1=O. The highest BCUT2D eigenvalue weighted by Gasteiger charge is 2.34. The molecule has 1 fully saturated rings. The average molecular weight is 292 g/mol. The van der Waals surface area contributed by atoms with Crippen molar-refractivity contribution in [3.05, 3.63) is 24.0 Å². The summed E-state index contributed by atoms with van der Waals surface area (Å²) < 4.78 is 0. The normalized spacial score (nSPS) is 14.5. The van der Waals surface area contributed by atoms with Crippen LogP contribution in [0.1, 0.15) is 10.5 Å². The Kier molecular flexibility index (Phi) is 3.83. The van der Waals surface area contributed by atoms with Gasteiger partial charge in [0.2, 0.25) is 5.91 Å². The maximum Gasteiger partial charge on any atom is 0.354 e. The Balaban J connectivity index is 1.97. The Hall–Kier alpha value is -2.97. The molecule has 0 unspecified atom stereocenters. The zero-order valence-electron chi connectivity index (χ0n) is 11.1. The predicted octanol–water partition coefficient (Wildman–Crippen LogP) is -0.388. The van der Waals surface area contributed by atoms with Gasteiger partial charge in [-0.1, -0.05) is 0 Å². The first-order valence-electron chi connectivity index (χ1n) is 5.93. The number of carboxylic acid groups (broad SMARTS) is 1. The van der Waals surface area contributed by atoms with Gasteiger partial charge in [0.15, 0.2) is 0 Å². The molecule has 0 radical (unpaired) electrons. The van der Waals surface area contributed by atoms with Gasteiger partial charge in [0.05, 0.1) is 11.9 Å². The zero-order valence-corrected chi connectivity index (χ0v) is 11.1. The van der Waals surface area contributed by atoms with Gasteiger partial charge in [0, 0.05) is 7.05 Å². The molecule has 110 valence electrons. The third kappa shape index (κ3) is 3.14. The minimum atomic E-state index is -1.18. The number of nitrogens with zero attached hydrogens (tertiary/aromatic N) is 3. The molecule has 2 heterocycles. The molecule has 9 heteroatoms. The number of hydrogen-bond acceptors (Lipinski definition) is 5. The van der Waals surface area contributed by atoms with E-state index in [1.807, 2.05) is 0 Å². The minimum Gasteiger partial charge on any atom is -0.477 e. The third-order valence-corrected chi connectivity index (χ3v) is 2.80. The van der Waals surface area contributed by atoms with Crippen LogP contribution in [0.3, 0.4) is 0 Å². The number of aromatic carboxylic acids is 1. The Morgan fingerprint density at radius 3 is 2.57 bits per heavy atom. The first kappa shape index (κ1) is 14.4. The number of carbonyl (C=O) groups excluding carboxylic acids is 3. The smallest absolute Gasteiger partial charge is 0.354 e. The Labute approximate surface area is 119 Å². The lowest BCUT2D eigenvalue weighted by Gasteiger charge is -2.13. The van der Waals surface area contributed by atoms with E-state index in [2.05, 4.69) is 10.3 Å². The first-order chi connectivity index (χ1) is 9.88. The van der Waals surface area contributed by atoms with Crippen LogP contribution in [0.5, 0.6) is 0 Å². The summed E-state index contributed by atoms with van der Waals surface area (Å²) in [6, 6.07) is 2.07. The van der Waals surface area contributed by atoms with E-state index in [0.29, 0.717) is 0 Å². The van der Waals surface area contributed by atoms with Crippen LogP contribution in [0.4, 0.5) is 10.5 Å². The highest BCUT2D eigenvalue weighted by molar-refractivity contribution is 6.06. The fourth-order valence-corrected chi connectivity index (χ4v) is 1.76. The molecular formula is C12H12N4O5. The zero-order chi connectivity index (χ0) is 15.6. The number of anilines is 1. The number of amides is 4. The van der Waals surface area contributed by atoms with Crippen LogP contribution in [0.25, 0.3) is 0 Å². The van der Waals surface area contributed by atoms with Crippen LogP contribution in [-0.2, 0) is 9.59 Å². The molecule has 0 atom stereocenters. The fraction of sp³-hybridized carbons (Fsp3) is 0.250. The van der Waals surface area contributed by atoms with Crippen LogP contribution >= 0.6 is 0 Å². The molecule has 0 bridgehead atoms. The minimum absolute atomic E-state index is 0.0546. The second-order valence-corrected chi connectivity index (χ2v) is 4.40. The number of rotatable bonds is 4. The summed E-state index contributed by atoms with van der Waals surface area (Å²) >= 11 is 0. The molecule has 1 aliphatic rings. The van der Waals surface area contributed by atoms with Crippen LogP contribution in [-0.4, -0.2) is 63.8 Å². The Bertz CT molecular complexity index is 613. The number of nitrogens with one attached hydrogen (secondary N) is 1. The van der Waals surface area contributed by atoms with Crippen LogP contribution < -0.4 is 5.32 Å². The van der Waals surface area contributed by atoms with Gasteiger partial charge in [-0.15, -0.1) is 0 Å². The molecule has 0 aliphatic carbocycles. The number of pyridine rings is 1. The van der Waals surface area contributed by atoms with Crippen molar-refractivity contribution in [1.29, 1.82) is 0 Å². The van der Waals surface area contributed by atoms with Gasteiger partial charge < -0.3 is 15.3 Å². The van der Waals surface area contributed by atoms with E-state index >= 15 is 0 Å². The maximum absolute atomic E-state index is 11.8. The van der Waals surface area contributed by atoms with Crippen molar-refractivity contribution in [3.63, 3.8) is 0 Å². The molecule has 0 saturated carbocycles. The van der Waals surface area contributed by atoms with E-state index in [4.69, 9.17) is 5.11 Å². The highest BCUT2D eigenvalue weighted by Crippen LogP contribution is 2.09. The lowest BCUT2D eigenvalue weighted by Crippen LogP contribution is -2.38. The van der Waals surface area contributed by atoms with Gasteiger partial charge in [0.1, 0.15) is 18.8 Å². The van der Waals surface area contributed by atoms with E-state index in [1.165, 1.54) is 30.3 Å². The lowest BCUT2D eigenvalue weighted by molar-refractivity contribution is -0.129. The summed E-state index contributed by atoms with van der Waals surface area (Å²) in [6.45, 7) is -0.455. The van der Waals surface area contributed by atoms with E-state index in [0.717, 1.165) is 4.90 Å². The van der Waals surface area contributed by atoms with Crippen molar-refractivity contribution in [2.24, 2.45) is 0 Å². The van der Waals surface area contributed by atoms with Crippen molar-refractivity contribution >= 4 is 29.5 Å². The molecule has 2 N–H and O–H groups in total. The average Bonchev–Trinajstić information content (AvgIpc) is 2.66. The monoisotopic (exact) mass is 292 g/mol. The second-order valence-electron chi connectivity index (χ2n) is 4.40. The largest absolute Gasteiger partial charge is 0.477 e. The van der Waals surface area contributed by atoms with Gasteiger partial charge in [-0.2, -0.15) is 0 Å². The highest BCUT2D eigenvalue weighted by atomic mass is 16.4. The number of aromatic nitrogens is 1. The summed E-state index contributed by atoms with van der Waals surface area (Å²) in [5.41, 5.74) is 0.122. The molecule has 2 rings (SSSR count). The molecule has 9 nitrogen and oxygen atoms in total. The van der Waals surface area contributed by atoms with Gasteiger partial charge in [-0.3, -0.25) is 14.5 Å². The van der Waals surface area contributed by atoms with Crippen molar-refractivity contribution in [2.45, 2.75) is 0 Å². The summed E-state index contributed by atoms with van der Waals surface area (Å²) in [7, 11) is 1.46. The van der Waals surface area contributed by atoms with Crippen LogP contribution in [0, 0.1) is 0 Å². The van der Waals surface area contributed by atoms with Crippen LogP contribution in [0.2, 0.25) is 0 Å². The van der Waals surface area contributed by atoms with Gasteiger partial charge in [-0.05, 0) is 12.1 Å². The maximum atomic E-state index is 11.8. The van der Waals surface area contributed by atoms with Crippen molar-refractivity contribution < 1.29 is 24.3 Å². The van der Waals surface area contributed by atoms with E-state index < -0.39 is 30.4 Å². The third-order valence-electron chi connectivity index (χ3n) is 2.80. The number of hydrogen-bond donors (Lipinski definition) is 2. The molecule has 1 aliphatic heterocycles. The molecule has 0 aromatic carbocycles. The van der Waals surface area contributed by atoms with Crippen molar-refractivity contribution in [1.82, 2.24) is 14.8 Å². The van der Waals surface area contributed by atoms with E-state index in [1.54, 1.807) is 0 Å². The molecule has 21 heavy (non-hydrogen) atoms. The molecular weight excluding hydrogens is 280 g/mol. The number of imide groups is 1. The summed E-state index contributed by atoms with van der Waals surface area (Å²) in [5, 5.41) is 11.1. The quantitative estimate of drug-likeness (QED) is 0.729. The molecule has 0 spiro atoms. The summed E-state index contributed by atoms with van der Waals surface area (Å²) in [6.07, 6.45) is 1.18.